The van der Waals surface area contributed by atoms with Crippen LogP contribution in [0, 0.1) is 0 Å². The highest BCUT2D eigenvalue weighted by atomic mass is 16.2. The smallest absolute Gasteiger partial charge is 0.262 e. The first kappa shape index (κ1) is 19.7. The fraction of sp³-hybridized carbons (Fsp3) is 0.286. The summed E-state index contributed by atoms with van der Waals surface area (Å²) in [6.45, 7) is 2.25. The summed E-state index contributed by atoms with van der Waals surface area (Å²) in [7, 11) is 0. The zero-order valence-electron chi connectivity index (χ0n) is 16.3. The number of aromatic nitrogens is 1. The number of hydrogen-bond acceptors (Lipinski definition) is 7. The molecule has 4 N–H and O–H groups in total. The van der Waals surface area contributed by atoms with Gasteiger partial charge in [-0.1, -0.05) is 18.2 Å². The third-order valence-corrected chi connectivity index (χ3v) is 5.39. The number of nitrogens with one attached hydrogen (secondary N) is 2. The van der Waals surface area contributed by atoms with Gasteiger partial charge in [-0.15, -0.1) is 0 Å². The largest absolute Gasteiger partial charge is 0.384 e. The van der Waals surface area contributed by atoms with Gasteiger partial charge in [0.25, 0.3) is 11.8 Å². The van der Waals surface area contributed by atoms with Crippen LogP contribution in [0.25, 0.3) is 0 Å². The summed E-state index contributed by atoms with van der Waals surface area (Å²) in [5.41, 5.74) is 7.69. The number of rotatable bonds is 5. The van der Waals surface area contributed by atoms with E-state index in [4.69, 9.17) is 5.73 Å². The Morgan fingerprint density at radius 1 is 1.17 bits per heavy atom. The van der Waals surface area contributed by atoms with E-state index in [1.54, 1.807) is 24.3 Å². The molecule has 0 spiro atoms. The normalized spacial score (nSPS) is 19.6. The molecule has 3 heterocycles. The monoisotopic (exact) mass is 407 g/mol. The maximum absolute atomic E-state index is 13.1. The van der Waals surface area contributed by atoms with Gasteiger partial charge in [0.2, 0.25) is 11.8 Å². The molecule has 0 bridgehead atoms. The molecule has 2 atom stereocenters. The van der Waals surface area contributed by atoms with Gasteiger partial charge in [0.1, 0.15) is 11.9 Å². The fourth-order valence-corrected chi connectivity index (χ4v) is 3.81. The van der Waals surface area contributed by atoms with Crippen LogP contribution in [0.1, 0.15) is 57.8 Å². The average Bonchev–Trinajstić information content (AvgIpc) is 2.97. The van der Waals surface area contributed by atoms with Crippen molar-refractivity contribution in [2.75, 3.05) is 5.73 Å². The van der Waals surface area contributed by atoms with E-state index >= 15 is 0 Å². The minimum Gasteiger partial charge on any atom is -0.384 e. The van der Waals surface area contributed by atoms with Crippen molar-refractivity contribution in [1.82, 2.24) is 20.5 Å². The first-order valence-electron chi connectivity index (χ1n) is 9.66. The van der Waals surface area contributed by atoms with Crippen LogP contribution in [0.2, 0.25) is 0 Å². The maximum Gasteiger partial charge on any atom is 0.262 e. The molecule has 2 aromatic rings. The Balaban J connectivity index is 1.56. The van der Waals surface area contributed by atoms with Crippen LogP contribution >= 0.6 is 0 Å². The van der Waals surface area contributed by atoms with Gasteiger partial charge in [-0.05, 0) is 37.1 Å². The van der Waals surface area contributed by atoms with Crippen molar-refractivity contribution in [3.8, 4) is 0 Å². The third-order valence-electron chi connectivity index (χ3n) is 5.39. The molecule has 1 aromatic carbocycles. The number of carbonyl (C=O) groups excluding carboxylic acids is 4. The highest BCUT2D eigenvalue weighted by molar-refractivity contribution is 6.24. The molecule has 1 aromatic heterocycles. The Hall–Kier alpha value is -3.59. The number of carbonyl (C=O) groups is 4. The summed E-state index contributed by atoms with van der Waals surface area (Å²) in [4.78, 5) is 54.9. The molecule has 2 unspecified atom stereocenters. The second-order valence-corrected chi connectivity index (χ2v) is 7.38. The number of anilines is 1. The summed E-state index contributed by atoms with van der Waals surface area (Å²) in [6.07, 6.45) is 0.213. The molecule has 0 aliphatic carbocycles. The minimum atomic E-state index is -0.980. The molecular weight excluding hydrogens is 386 g/mol. The summed E-state index contributed by atoms with van der Waals surface area (Å²) < 4.78 is 0. The van der Waals surface area contributed by atoms with E-state index in [1.165, 1.54) is 0 Å². The topological polar surface area (TPSA) is 134 Å². The van der Waals surface area contributed by atoms with E-state index < -0.39 is 29.7 Å². The van der Waals surface area contributed by atoms with E-state index in [0.29, 0.717) is 17.9 Å². The van der Waals surface area contributed by atoms with Gasteiger partial charge in [-0.2, -0.15) is 0 Å². The Bertz CT molecular complexity index is 1070. The quantitative estimate of drug-likeness (QED) is 0.627. The molecule has 1 saturated heterocycles. The molecule has 0 saturated carbocycles. The number of amides is 4. The Morgan fingerprint density at radius 2 is 1.93 bits per heavy atom. The van der Waals surface area contributed by atoms with Crippen LogP contribution in [0.4, 0.5) is 5.82 Å². The van der Waals surface area contributed by atoms with Crippen LogP contribution in [-0.4, -0.2) is 39.6 Å². The molecule has 9 nitrogen and oxygen atoms in total. The van der Waals surface area contributed by atoms with Gasteiger partial charge in [0.15, 0.2) is 0 Å². The number of hydrogen-bond donors (Lipinski definition) is 3. The predicted molar refractivity (Wildman–Crippen MR) is 107 cm³/mol. The number of imide groups is 2. The lowest BCUT2D eigenvalue weighted by molar-refractivity contribution is -0.136. The van der Waals surface area contributed by atoms with Gasteiger partial charge in [0, 0.05) is 19.0 Å². The second kappa shape index (κ2) is 7.68. The van der Waals surface area contributed by atoms with Gasteiger partial charge in [0.05, 0.1) is 16.8 Å². The molecule has 0 radical (unpaired) electrons. The third kappa shape index (κ3) is 3.43. The first-order chi connectivity index (χ1) is 14.4. The molecule has 2 aliphatic heterocycles. The van der Waals surface area contributed by atoms with Crippen LogP contribution in [0.15, 0.2) is 36.4 Å². The van der Waals surface area contributed by atoms with Crippen LogP contribution < -0.4 is 16.4 Å². The number of nitrogens with two attached hydrogens (primary N) is 1. The number of nitrogens with zero attached hydrogens (tertiary/aromatic N) is 2. The standard InChI is InChI=1S/C21H21N5O4/c1-11(14-6-3-7-16(22)24-14)23-10-12-4-2-5-13-18(12)21(30)26(20(13)29)15-8-9-17(27)25-19(15)28/h2-7,11,15,23H,8-10H2,1H3,(H2,22,24)(H,25,27,28). The lowest BCUT2D eigenvalue weighted by Crippen LogP contribution is -2.54. The van der Waals surface area contributed by atoms with Gasteiger partial charge >= 0.3 is 0 Å². The van der Waals surface area contributed by atoms with Crippen molar-refractivity contribution in [2.45, 2.75) is 38.4 Å². The SMILES string of the molecule is CC(NCc1cccc2c1C(=O)N(C1CCC(=O)NC1=O)C2=O)c1cccc(N)n1. The van der Waals surface area contributed by atoms with Gasteiger partial charge in [-0.3, -0.25) is 29.4 Å². The zero-order valence-corrected chi connectivity index (χ0v) is 16.3. The maximum atomic E-state index is 13.1. The van der Waals surface area contributed by atoms with E-state index in [1.807, 2.05) is 19.1 Å². The summed E-state index contributed by atoms with van der Waals surface area (Å²) in [5.74, 6) is -1.64. The Kier molecular flexibility index (Phi) is 5.04. The highest BCUT2D eigenvalue weighted by Gasteiger charge is 2.45. The van der Waals surface area contributed by atoms with E-state index in [0.717, 1.165) is 10.6 Å². The number of pyridine rings is 1. The Morgan fingerprint density at radius 3 is 2.67 bits per heavy atom. The Labute approximate surface area is 172 Å². The van der Waals surface area contributed by atoms with Crippen LogP contribution in [-0.2, 0) is 16.1 Å². The summed E-state index contributed by atoms with van der Waals surface area (Å²) in [6, 6.07) is 9.30. The van der Waals surface area contributed by atoms with Crippen molar-refractivity contribution in [3.05, 3.63) is 58.8 Å². The first-order valence-corrected chi connectivity index (χ1v) is 9.66. The molecule has 154 valence electrons. The summed E-state index contributed by atoms with van der Waals surface area (Å²) in [5, 5.41) is 5.49. The van der Waals surface area contributed by atoms with E-state index in [2.05, 4.69) is 15.6 Å². The molecule has 4 amide bonds. The minimum absolute atomic E-state index is 0.0863. The average molecular weight is 407 g/mol. The lowest BCUT2D eigenvalue weighted by Gasteiger charge is -2.27. The number of fused-ring (bicyclic) bond motifs is 1. The van der Waals surface area contributed by atoms with Gasteiger partial charge < -0.3 is 11.1 Å². The predicted octanol–water partition coefficient (Wildman–Crippen LogP) is 0.916. The van der Waals surface area contributed by atoms with Crippen molar-refractivity contribution < 1.29 is 19.2 Å². The molecule has 1 fully saturated rings. The number of piperidine rings is 1. The van der Waals surface area contributed by atoms with Gasteiger partial charge in [-0.25, -0.2) is 4.98 Å². The highest BCUT2D eigenvalue weighted by Crippen LogP contribution is 2.30. The van der Waals surface area contributed by atoms with Crippen molar-refractivity contribution in [3.63, 3.8) is 0 Å². The van der Waals surface area contributed by atoms with Crippen LogP contribution in [0.3, 0.4) is 0 Å². The van der Waals surface area contributed by atoms with E-state index in [9.17, 15) is 19.2 Å². The number of benzene rings is 1. The molecule has 9 heteroatoms. The zero-order chi connectivity index (χ0) is 21.4. The second-order valence-electron chi connectivity index (χ2n) is 7.38. The van der Waals surface area contributed by atoms with Crippen LogP contribution in [0.5, 0.6) is 0 Å². The fourth-order valence-electron chi connectivity index (χ4n) is 3.81. The molecule has 2 aliphatic rings. The molecular formula is C21H21N5O4. The van der Waals surface area contributed by atoms with E-state index in [-0.39, 0.29) is 30.0 Å². The van der Waals surface area contributed by atoms with Crippen molar-refractivity contribution in [2.24, 2.45) is 0 Å². The lowest BCUT2D eigenvalue weighted by atomic mass is 10.0. The molecule has 4 rings (SSSR count). The summed E-state index contributed by atoms with van der Waals surface area (Å²) >= 11 is 0. The number of nitrogen functional groups attached to an aromatic ring is 1. The molecule has 30 heavy (non-hydrogen) atoms. The van der Waals surface area contributed by atoms with Crippen molar-refractivity contribution in [1.29, 1.82) is 0 Å². The van der Waals surface area contributed by atoms with Crippen molar-refractivity contribution >= 4 is 29.4 Å².